The van der Waals surface area contributed by atoms with E-state index in [4.69, 9.17) is 32.4 Å². The predicted molar refractivity (Wildman–Crippen MR) is 95.7 cm³/mol. The topological polar surface area (TPSA) is 57.3 Å². The molecule has 25 heavy (non-hydrogen) atoms. The number of hydrogen-bond donors (Lipinski definition) is 0. The van der Waals surface area contributed by atoms with Gasteiger partial charge in [-0.25, -0.2) is 0 Å². The maximum Gasteiger partial charge on any atom is 0.314 e. The van der Waals surface area contributed by atoms with Crippen LogP contribution in [0.2, 0.25) is 10.0 Å². The Labute approximate surface area is 155 Å². The van der Waals surface area contributed by atoms with E-state index in [1.165, 1.54) is 4.68 Å². The molecule has 0 unspecified atom stereocenters. The van der Waals surface area contributed by atoms with Gasteiger partial charge >= 0.3 is 5.91 Å². The highest BCUT2D eigenvalue weighted by atomic mass is 35.5. The van der Waals surface area contributed by atoms with Gasteiger partial charge in [0.1, 0.15) is 18.1 Å². The number of benzene rings is 1. The summed E-state index contributed by atoms with van der Waals surface area (Å²) in [5.74, 6) is 1.01. The lowest BCUT2D eigenvalue weighted by molar-refractivity contribution is 0.0910. The van der Waals surface area contributed by atoms with Crippen LogP contribution in [0.5, 0.6) is 5.75 Å². The molecule has 0 aliphatic heterocycles. The van der Waals surface area contributed by atoms with Gasteiger partial charge in [-0.05, 0) is 56.7 Å². The molecule has 130 valence electrons. The van der Waals surface area contributed by atoms with Crippen LogP contribution < -0.4 is 4.74 Å². The summed E-state index contributed by atoms with van der Waals surface area (Å²) in [6.45, 7) is 5.58. The smallest absolute Gasteiger partial charge is 0.314 e. The second kappa shape index (κ2) is 6.94. The van der Waals surface area contributed by atoms with E-state index in [-0.39, 0.29) is 18.3 Å². The molecule has 0 atom stereocenters. The molecule has 2 heterocycles. The Morgan fingerprint density at radius 3 is 2.60 bits per heavy atom. The standard InChI is InChI=1S/C18H16Cl2N2O3/c1-10-8-13(4-6-15(10)19)24-9-14-5-7-16(25-14)18(23)22-12(3)17(20)11(2)21-22/h4-8H,9H2,1-3H3. The average Bonchev–Trinajstić information content (AvgIpc) is 3.16. The van der Waals surface area contributed by atoms with Crippen LogP contribution in [-0.2, 0) is 6.61 Å². The van der Waals surface area contributed by atoms with Crippen molar-refractivity contribution in [3.05, 3.63) is 68.8 Å². The Morgan fingerprint density at radius 2 is 1.96 bits per heavy atom. The Kier molecular flexibility index (Phi) is 4.88. The first-order valence-electron chi connectivity index (χ1n) is 7.61. The summed E-state index contributed by atoms with van der Waals surface area (Å²) in [5, 5.41) is 5.29. The minimum absolute atomic E-state index is 0.174. The molecule has 3 aromatic rings. The fourth-order valence-corrected chi connectivity index (χ4v) is 2.59. The van der Waals surface area contributed by atoms with Crippen molar-refractivity contribution in [3.8, 4) is 5.75 Å². The second-order valence-electron chi connectivity index (χ2n) is 5.67. The van der Waals surface area contributed by atoms with Crippen LogP contribution in [0.4, 0.5) is 0 Å². The molecule has 0 fully saturated rings. The zero-order chi connectivity index (χ0) is 18.1. The molecule has 0 aliphatic rings. The van der Waals surface area contributed by atoms with Crippen molar-refractivity contribution in [2.24, 2.45) is 0 Å². The van der Waals surface area contributed by atoms with E-state index in [9.17, 15) is 4.79 Å². The molecule has 0 spiro atoms. The van der Waals surface area contributed by atoms with E-state index in [0.717, 1.165) is 5.56 Å². The van der Waals surface area contributed by atoms with Crippen molar-refractivity contribution >= 4 is 29.1 Å². The van der Waals surface area contributed by atoms with E-state index in [0.29, 0.717) is 32.9 Å². The normalized spacial score (nSPS) is 10.9. The highest BCUT2D eigenvalue weighted by molar-refractivity contribution is 6.32. The molecule has 7 heteroatoms. The summed E-state index contributed by atoms with van der Waals surface area (Å²) in [6.07, 6.45) is 0. The molecule has 2 aromatic heterocycles. The van der Waals surface area contributed by atoms with Gasteiger partial charge in [-0.3, -0.25) is 4.79 Å². The van der Waals surface area contributed by atoms with Crippen LogP contribution in [0.15, 0.2) is 34.7 Å². The summed E-state index contributed by atoms with van der Waals surface area (Å²) in [7, 11) is 0. The predicted octanol–water partition coefficient (Wildman–Crippen LogP) is 4.98. The molecule has 0 bridgehead atoms. The van der Waals surface area contributed by atoms with Crippen LogP contribution in [0.1, 0.15) is 33.3 Å². The monoisotopic (exact) mass is 378 g/mol. The average molecular weight is 379 g/mol. The highest BCUT2D eigenvalue weighted by Crippen LogP contribution is 2.23. The maximum absolute atomic E-state index is 12.5. The summed E-state index contributed by atoms with van der Waals surface area (Å²) in [4.78, 5) is 12.5. The second-order valence-corrected chi connectivity index (χ2v) is 6.45. The Hall–Kier alpha value is -2.24. The van der Waals surface area contributed by atoms with Crippen LogP contribution in [-0.4, -0.2) is 15.7 Å². The largest absolute Gasteiger partial charge is 0.486 e. The third-order valence-corrected chi connectivity index (χ3v) is 4.75. The SMILES string of the molecule is Cc1cc(OCc2ccc(C(=O)n3nc(C)c(Cl)c3C)o2)ccc1Cl. The lowest BCUT2D eigenvalue weighted by Gasteiger charge is -2.06. The van der Waals surface area contributed by atoms with Gasteiger partial charge in [0.2, 0.25) is 0 Å². The molecule has 1 aromatic carbocycles. The first kappa shape index (κ1) is 17.6. The van der Waals surface area contributed by atoms with Gasteiger partial charge in [-0.15, -0.1) is 0 Å². The third-order valence-electron chi connectivity index (χ3n) is 3.78. The molecule has 0 radical (unpaired) electrons. The van der Waals surface area contributed by atoms with Gasteiger partial charge in [0.05, 0.1) is 16.4 Å². The zero-order valence-corrected chi connectivity index (χ0v) is 15.5. The van der Waals surface area contributed by atoms with E-state index in [2.05, 4.69) is 5.10 Å². The lowest BCUT2D eigenvalue weighted by atomic mass is 10.2. The van der Waals surface area contributed by atoms with E-state index in [1.807, 2.05) is 13.0 Å². The highest BCUT2D eigenvalue weighted by Gasteiger charge is 2.19. The zero-order valence-electron chi connectivity index (χ0n) is 14.0. The number of nitrogens with zero attached hydrogens (tertiary/aromatic N) is 2. The van der Waals surface area contributed by atoms with Crippen molar-refractivity contribution < 1.29 is 13.9 Å². The molecular formula is C18H16Cl2N2O3. The molecule has 0 aliphatic carbocycles. The lowest BCUT2D eigenvalue weighted by Crippen LogP contribution is -2.14. The fraction of sp³-hybridized carbons (Fsp3) is 0.222. The number of aryl methyl sites for hydroxylation is 2. The molecule has 3 rings (SSSR count). The van der Waals surface area contributed by atoms with Gasteiger partial charge in [0, 0.05) is 5.02 Å². The van der Waals surface area contributed by atoms with Crippen molar-refractivity contribution in [1.82, 2.24) is 9.78 Å². The summed E-state index contributed by atoms with van der Waals surface area (Å²) in [6, 6.07) is 8.69. The van der Waals surface area contributed by atoms with Crippen molar-refractivity contribution in [2.45, 2.75) is 27.4 Å². The number of furan rings is 1. The van der Waals surface area contributed by atoms with Crippen LogP contribution >= 0.6 is 23.2 Å². The van der Waals surface area contributed by atoms with E-state index in [1.54, 1.807) is 38.1 Å². The molecule has 0 N–H and O–H groups in total. The molecule has 0 saturated heterocycles. The Morgan fingerprint density at radius 1 is 1.20 bits per heavy atom. The van der Waals surface area contributed by atoms with E-state index >= 15 is 0 Å². The van der Waals surface area contributed by atoms with Gasteiger partial charge in [-0.1, -0.05) is 23.2 Å². The van der Waals surface area contributed by atoms with Crippen molar-refractivity contribution in [3.63, 3.8) is 0 Å². The fourth-order valence-electron chi connectivity index (χ4n) is 2.36. The number of ether oxygens (including phenoxy) is 1. The third kappa shape index (κ3) is 3.57. The van der Waals surface area contributed by atoms with Crippen LogP contribution in [0.25, 0.3) is 0 Å². The van der Waals surface area contributed by atoms with Gasteiger partial charge < -0.3 is 9.15 Å². The summed E-state index contributed by atoms with van der Waals surface area (Å²) < 4.78 is 12.5. The first-order chi connectivity index (χ1) is 11.9. The van der Waals surface area contributed by atoms with E-state index < -0.39 is 0 Å². The minimum atomic E-state index is -0.374. The first-order valence-corrected chi connectivity index (χ1v) is 8.36. The number of aromatic nitrogens is 2. The van der Waals surface area contributed by atoms with Crippen LogP contribution in [0, 0.1) is 20.8 Å². The number of rotatable bonds is 4. The number of carbonyl (C=O) groups is 1. The van der Waals surface area contributed by atoms with Crippen molar-refractivity contribution in [2.75, 3.05) is 0 Å². The quantitative estimate of drug-likeness (QED) is 0.642. The van der Waals surface area contributed by atoms with Gasteiger partial charge in [0.15, 0.2) is 5.76 Å². The number of carbonyl (C=O) groups excluding carboxylic acids is 1. The molecule has 5 nitrogen and oxygen atoms in total. The van der Waals surface area contributed by atoms with Crippen molar-refractivity contribution in [1.29, 1.82) is 0 Å². The Balaban J connectivity index is 1.72. The summed E-state index contributed by atoms with van der Waals surface area (Å²) >= 11 is 12.1. The van der Waals surface area contributed by atoms with Gasteiger partial charge in [-0.2, -0.15) is 9.78 Å². The number of hydrogen-bond acceptors (Lipinski definition) is 4. The molecule has 0 saturated carbocycles. The molecule has 0 amide bonds. The summed E-state index contributed by atoms with van der Waals surface area (Å²) in [5.41, 5.74) is 2.10. The minimum Gasteiger partial charge on any atom is -0.486 e. The number of halogens is 2. The van der Waals surface area contributed by atoms with Gasteiger partial charge in [0.25, 0.3) is 0 Å². The Bertz CT molecular complexity index is 944. The molecular weight excluding hydrogens is 363 g/mol. The van der Waals surface area contributed by atoms with Crippen LogP contribution in [0.3, 0.4) is 0 Å². The maximum atomic E-state index is 12.5.